The summed E-state index contributed by atoms with van der Waals surface area (Å²) >= 11 is 3.05. The number of hydrogen-bond acceptors (Lipinski definition) is 5. The fraction of sp³-hybridized carbons (Fsp3) is 0.364. The third-order valence-electron chi connectivity index (χ3n) is 2.19. The first-order valence-electron chi connectivity index (χ1n) is 5.39. The van der Waals surface area contributed by atoms with Crippen molar-refractivity contribution in [2.24, 2.45) is 0 Å². The van der Waals surface area contributed by atoms with Gasteiger partial charge in [0.25, 0.3) is 5.69 Å². The Hall–Kier alpha value is -1.77. The lowest BCUT2D eigenvalue weighted by atomic mass is 10.1. The van der Waals surface area contributed by atoms with E-state index in [9.17, 15) is 23.7 Å². The highest BCUT2D eigenvalue weighted by Gasteiger charge is 2.29. The Morgan fingerprint density at radius 2 is 2.15 bits per heavy atom. The van der Waals surface area contributed by atoms with Crippen LogP contribution in [0.25, 0.3) is 0 Å². The van der Waals surface area contributed by atoms with E-state index in [2.05, 4.69) is 25.4 Å². The molecule has 0 amide bonds. The summed E-state index contributed by atoms with van der Waals surface area (Å²) < 4.78 is 33.5. The highest BCUT2D eigenvalue weighted by atomic mass is 79.9. The minimum Gasteiger partial charge on any atom is -0.462 e. The van der Waals surface area contributed by atoms with E-state index in [0.29, 0.717) is 5.56 Å². The van der Waals surface area contributed by atoms with Crippen LogP contribution in [0.15, 0.2) is 12.1 Å². The third-order valence-corrected chi connectivity index (χ3v) is 2.84. The van der Waals surface area contributed by atoms with E-state index >= 15 is 0 Å². The van der Waals surface area contributed by atoms with Crippen LogP contribution in [0.1, 0.15) is 22.8 Å². The summed E-state index contributed by atoms with van der Waals surface area (Å²) in [4.78, 5) is 21.8. The molecule has 0 unspecified atom stereocenters. The number of ether oxygens (including phenoxy) is 2. The van der Waals surface area contributed by atoms with Gasteiger partial charge in [0.1, 0.15) is 5.75 Å². The molecule has 1 aromatic rings. The molecule has 0 saturated carbocycles. The minimum absolute atomic E-state index is 0.0513. The fourth-order valence-electron chi connectivity index (χ4n) is 1.47. The van der Waals surface area contributed by atoms with E-state index in [1.54, 1.807) is 0 Å². The lowest BCUT2D eigenvalue weighted by Crippen LogP contribution is -2.13. The Kier molecular flexibility index (Phi) is 5.81. The highest BCUT2D eigenvalue weighted by molar-refractivity contribution is 9.08. The van der Waals surface area contributed by atoms with Crippen LogP contribution in [0.3, 0.4) is 0 Å². The van der Waals surface area contributed by atoms with Crippen molar-refractivity contribution in [3.8, 4) is 5.75 Å². The summed E-state index contributed by atoms with van der Waals surface area (Å²) in [5.74, 6) is -1.67. The summed E-state index contributed by atoms with van der Waals surface area (Å²) in [6.45, 7) is -1.78. The SMILES string of the molecule is CCOC(=O)c1c(OC(F)F)cc(CBr)cc1[N+](=O)[O-]. The molecule has 20 heavy (non-hydrogen) atoms. The fourth-order valence-corrected chi connectivity index (χ4v) is 1.80. The molecule has 0 fully saturated rings. The predicted molar refractivity (Wildman–Crippen MR) is 68.3 cm³/mol. The first-order valence-corrected chi connectivity index (χ1v) is 6.52. The molecule has 110 valence electrons. The van der Waals surface area contributed by atoms with E-state index in [4.69, 9.17) is 0 Å². The summed E-state index contributed by atoms with van der Waals surface area (Å²) in [6, 6.07) is 2.22. The zero-order chi connectivity index (χ0) is 15.3. The molecule has 0 saturated heterocycles. The number of nitro groups is 1. The van der Waals surface area contributed by atoms with Crippen LogP contribution in [-0.2, 0) is 10.1 Å². The van der Waals surface area contributed by atoms with Gasteiger partial charge in [0, 0.05) is 11.4 Å². The van der Waals surface area contributed by atoms with Gasteiger partial charge in [-0.2, -0.15) is 8.78 Å². The number of halogens is 3. The molecular formula is C11H10BrF2NO5. The smallest absolute Gasteiger partial charge is 0.387 e. The van der Waals surface area contributed by atoms with Gasteiger partial charge < -0.3 is 9.47 Å². The number of nitro benzene ring substituents is 1. The Labute approximate surface area is 120 Å². The quantitative estimate of drug-likeness (QED) is 0.339. The molecule has 0 aliphatic carbocycles. The van der Waals surface area contributed by atoms with Gasteiger partial charge in [-0.1, -0.05) is 15.9 Å². The van der Waals surface area contributed by atoms with Crippen LogP contribution >= 0.6 is 15.9 Å². The van der Waals surface area contributed by atoms with Crippen molar-refractivity contribution in [3.63, 3.8) is 0 Å². The Bertz CT molecular complexity index is 524. The van der Waals surface area contributed by atoms with Crippen LogP contribution in [0.4, 0.5) is 14.5 Å². The van der Waals surface area contributed by atoms with Gasteiger partial charge in [-0.3, -0.25) is 10.1 Å². The summed E-state index contributed by atoms with van der Waals surface area (Å²) in [7, 11) is 0. The lowest BCUT2D eigenvalue weighted by Gasteiger charge is -2.11. The van der Waals surface area contributed by atoms with E-state index in [1.165, 1.54) is 6.92 Å². The summed E-state index contributed by atoms with van der Waals surface area (Å²) in [6.07, 6.45) is 0. The number of benzene rings is 1. The molecule has 0 bridgehead atoms. The second-order valence-electron chi connectivity index (χ2n) is 3.48. The van der Waals surface area contributed by atoms with Gasteiger partial charge in [-0.15, -0.1) is 0 Å². The molecule has 0 aromatic heterocycles. The molecule has 0 aliphatic rings. The molecule has 0 aliphatic heterocycles. The van der Waals surface area contributed by atoms with Crippen molar-refractivity contribution >= 4 is 27.6 Å². The van der Waals surface area contributed by atoms with Crippen LogP contribution in [0.5, 0.6) is 5.75 Å². The van der Waals surface area contributed by atoms with Gasteiger partial charge in [-0.25, -0.2) is 4.79 Å². The first-order chi connectivity index (χ1) is 9.40. The average molecular weight is 354 g/mol. The third kappa shape index (κ3) is 3.86. The van der Waals surface area contributed by atoms with Gasteiger partial charge in [0.15, 0.2) is 5.56 Å². The van der Waals surface area contributed by atoms with Gasteiger partial charge in [0.05, 0.1) is 11.5 Å². The van der Waals surface area contributed by atoms with Crippen molar-refractivity contribution in [3.05, 3.63) is 33.4 Å². The van der Waals surface area contributed by atoms with Crippen LogP contribution < -0.4 is 4.74 Å². The van der Waals surface area contributed by atoms with E-state index in [1.807, 2.05) is 0 Å². The molecule has 0 atom stereocenters. The van der Waals surface area contributed by atoms with Crippen molar-refractivity contribution in [1.82, 2.24) is 0 Å². The Morgan fingerprint density at radius 3 is 2.60 bits per heavy atom. The maximum Gasteiger partial charge on any atom is 0.387 e. The summed E-state index contributed by atoms with van der Waals surface area (Å²) in [5.41, 5.74) is -0.946. The molecule has 1 rings (SSSR count). The normalized spacial score (nSPS) is 10.4. The molecule has 6 nitrogen and oxygen atoms in total. The molecule has 0 radical (unpaired) electrons. The largest absolute Gasteiger partial charge is 0.462 e. The number of carbonyl (C=O) groups is 1. The van der Waals surface area contributed by atoms with Crippen LogP contribution in [0.2, 0.25) is 0 Å². The van der Waals surface area contributed by atoms with Crippen LogP contribution in [0, 0.1) is 10.1 Å². The van der Waals surface area contributed by atoms with Crippen molar-refractivity contribution < 1.29 is 28.0 Å². The van der Waals surface area contributed by atoms with Crippen molar-refractivity contribution in [1.29, 1.82) is 0 Å². The van der Waals surface area contributed by atoms with Crippen LogP contribution in [-0.4, -0.2) is 24.1 Å². The number of rotatable bonds is 6. The maximum absolute atomic E-state index is 12.4. The molecular weight excluding hydrogens is 344 g/mol. The van der Waals surface area contributed by atoms with E-state index in [0.717, 1.165) is 12.1 Å². The number of hydrogen-bond donors (Lipinski definition) is 0. The molecule has 0 spiro atoms. The Morgan fingerprint density at radius 1 is 1.50 bits per heavy atom. The molecule has 0 N–H and O–H groups in total. The molecule has 1 aromatic carbocycles. The number of carbonyl (C=O) groups excluding carboxylic acids is 1. The number of esters is 1. The van der Waals surface area contributed by atoms with E-state index < -0.39 is 34.5 Å². The van der Waals surface area contributed by atoms with Crippen molar-refractivity contribution in [2.75, 3.05) is 6.61 Å². The standard InChI is InChI=1S/C11H10BrF2NO5/c1-2-19-10(16)9-7(15(17)18)3-6(5-12)4-8(9)20-11(13)14/h3-4,11H,2,5H2,1H3. The summed E-state index contributed by atoms with van der Waals surface area (Å²) in [5, 5.41) is 11.2. The monoisotopic (exact) mass is 353 g/mol. The predicted octanol–water partition coefficient (Wildman–Crippen LogP) is 3.27. The zero-order valence-corrected chi connectivity index (χ0v) is 11.9. The average Bonchev–Trinajstić information content (AvgIpc) is 2.37. The van der Waals surface area contributed by atoms with Gasteiger partial charge in [-0.05, 0) is 18.6 Å². The lowest BCUT2D eigenvalue weighted by molar-refractivity contribution is -0.385. The maximum atomic E-state index is 12.4. The second-order valence-corrected chi connectivity index (χ2v) is 4.04. The highest BCUT2D eigenvalue weighted by Crippen LogP contribution is 2.33. The first kappa shape index (κ1) is 16.3. The topological polar surface area (TPSA) is 78.7 Å². The number of alkyl halides is 3. The van der Waals surface area contributed by atoms with Crippen molar-refractivity contribution in [2.45, 2.75) is 18.9 Å². The Balaban J connectivity index is 3.46. The molecule has 9 heteroatoms. The minimum atomic E-state index is -3.21. The van der Waals surface area contributed by atoms with E-state index in [-0.39, 0.29) is 11.9 Å². The van der Waals surface area contributed by atoms with Gasteiger partial charge >= 0.3 is 12.6 Å². The number of nitrogens with zero attached hydrogens (tertiary/aromatic N) is 1. The second kappa shape index (κ2) is 7.13. The van der Waals surface area contributed by atoms with Gasteiger partial charge in [0.2, 0.25) is 0 Å². The zero-order valence-electron chi connectivity index (χ0n) is 10.3. The molecule has 0 heterocycles.